The first-order chi connectivity index (χ1) is 14.3. The highest BCUT2D eigenvalue weighted by Crippen LogP contribution is 2.38. The van der Waals surface area contributed by atoms with E-state index in [4.69, 9.17) is 11.6 Å². The van der Waals surface area contributed by atoms with Crippen LogP contribution in [0.5, 0.6) is 0 Å². The van der Waals surface area contributed by atoms with Crippen molar-refractivity contribution in [3.05, 3.63) is 28.7 Å². The normalized spacial score (nSPS) is 30.1. The van der Waals surface area contributed by atoms with Gasteiger partial charge >= 0.3 is 0 Å². The molecule has 2 amide bonds. The standard InChI is InChI=1S/C22H31ClN4O3/c1-15(2)26-13-20(29)27(12-16-3-5-17(23)6-4-16)22(21(26)30)8-10-25(14-22)18-7-9-24-19(28)11-18/h7,9,11,15-17H,3-6,8,10,12-14H2,1-2H3,(H,24,28). The number of rotatable bonds is 4. The first-order valence-electron chi connectivity index (χ1n) is 11.0. The second-order valence-electron chi connectivity index (χ2n) is 9.26. The number of nitrogens with zero attached hydrogens (tertiary/aromatic N) is 3. The highest BCUT2D eigenvalue weighted by molar-refractivity contribution is 6.20. The Kier molecular flexibility index (Phi) is 5.84. The van der Waals surface area contributed by atoms with Crippen LogP contribution in [0.15, 0.2) is 23.1 Å². The molecule has 1 saturated carbocycles. The van der Waals surface area contributed by atoms with Crippen LogP contribution in [0.2, 0.25) is 0 Å². The van der Waals surface area contributed by atoms with E-state index < -0.39 is 5.54 Å². The van der Waals surface area contributed by atoms with Gasteiger partial charge in [-0.15, -0.1) is 11.6 Å². The number of anilines is 1. The molecular weight excluding hydrogens is 404 g/mol. The SMILES string of the molecule is CC(C)N1CC(=O)N(CC2CCC(Cl)CC2)C2(CCN(c3cc[nH]c(=O)c3)C2)C1=O. The fourth-order valence-electron chi connectivity index (χ4n) is 5.22. The lowest BCUT2D eigenvalue weighted by Crippen LogP contribution is -2.70. The fourth-order valence-corrected chi connectivity index (χ4v) is 5.47. The summed E-state index contributed by atoms with van der Waals surface area (Å²) in [7, 11) is 0. The van der Waals surface area contributed by atoms with E-state index >= 15 is 0 Å². The maximum Gasteiger partial charge on any atom is 0.251 e. The van der Waals surface area contributed by atoms with Crippen LogP contribution < -0.4 is 10.5 Å². The summed E-state index contributed by atoms with van der Waals surface area (Å²) < 4.78 is 0. The number of H-pyrrole nitrogens is 1. The van der Waals surface area contributed by atoms with Crippen molar-refractivity contribution in [2.24, 2.45) is 5.92 Å². The monoisotopic (exact) mass is 434 g/mol. The van der Waals surface area contributed by atoms with E-state index in [2.05, 4.69) is 9.88 Å². The number of piperazine rings is 1. The minimum absolute atomic E-state index is 0.0271. The predicted molar refractivity (Wildman–Crippen MR) is 117 cm³/mol. The van der Waals surface area contributed by atoms with Gasteiger partial charge in [0.1, 0.15) is 12.1 Å². The van der Waals surface area contributed by atoms with Crippen LogP contribution in [0.1, 0.15) is 46.0 Å². The molecule has 8 heteroatoms. The molecule has 0 bridgehead atoms. The number of nitrogens with one attached hydrogen (secondary N) is 1. The first kappa shape index (κ1) is 21.2. The molecule has 1 atom stereocenters. The van der Waals surface area contributed by atoms with Gasteiger partial charge in [0.15, 0.2) is 0 Å². The topological polar surface area (TPSA) is 76.7 Å². The Morgan fingerprint density at radius 2 is 1.93 bits per heavy atom. The number of alkyl halides is 1. The van der Waals surface area contributed by atoms with Crippen molar-refractivity contribution in [1.29, 1.82) is 0 Å². The van der Waals surface area contributed by atoms with E-state index in [9.17, 15) is 14.4 Å². The van der Waals surface area contributed by atoms with E-state index in [0.717, 1.165) is 31.4 Å². The lowest BCUT2D eigenvalue weighted by Gasteiger charge is -2.49. The molecule has 3 heterocycles. The molecule has 1 aromatic heterocycles. The van der Waals surface area contributed by atoms with Gasteiger partial charge in [0.25, 0.3) is 5.91 Å². The van der Waals surface area contributed by atoms with Crippen LogP contribution >= 0.6 is 11.6 Å². The van der Waals surface area contributed by atoms with E-state index in [1.807, 2.05) is 24.8 Å². The van der Waals surface area contributed by atoms with Crippen molar-refractivity contribution in [2.75, 3.05) is 31.1 Å². The molecule has 1 N–H and O–H groups in total. The van der Waals surface area contributed by atoms with E-state index in [1.165, 1.54) is 0 Å². The van der Waals surface area contributed by atoms with Crippen LogP contribution in [0.3, 0.4) is 0 Å². The lowest BCUT2D eigenvalue weighted by molar-refractivity contribution is -0.166. The molecule has 4 rings (SSSR count). The molecular formula is C22H31ClN4O3. The molecule has 3 fully saturated rings. The highest BCUT2D eigenvalue weighted by Gasteiger charge is 2.56. The van der Waals surface area contributed by atoms with Gasteiger partial charge in [0.05, 0.1) is 6.54 Å². The number of halogens is 1. The summed E-state index contributed by atoms with van der Waals surface area (Å²) in [5.74, 6) is 0.451. The number of carbonyl (C=O) groups excluding carboxylic acids is 2. The Labute approximate surface area is 182 Å². The Morgan fingerprint density at radius 1 is 1.20 bits per heavy atom. The van der Waals surface area contributed by atoms with E-state index in [-0.39, 0.29) is 35.3 Å². The van der Waals surface area contributed by atoms with E-state index in [1.54, 1.807) is 17.2 Å². The van der Waals surface area contributed by atoms with Crippen molar-refractivity contribution < 1.29 is 9.59 Å². The molecule has 3 aliphatic rings. The Bertz CT molecular complexity index is 864. The number of hydrogen-bond acceptors (Lipinski definition) is 4. The van der Waals surface area contributed by atoms with Crippen molar-refractivity contribution >= 4 is 29.1 Å². The second-order valence-corrected chi connectivity index (χ2v) is 9.88. The number of pyridine rings is 1. The average molecular weight is 435 g/mol. The van der Waals surface area contributed by atoms with Crippen molar-refractivity contribution in [3.63, 3.8) is 0 Å². The van der Waals surface area contributed by atoms with Gasteiger partial charge in [-0.05, 0) is 57.9 Å². The maximum absolute atomic E-state index is 13.7. The van der Waals surface area contributed by atoms with E-state index in [0.29, 0.717) is 32.0 Å². The lowest BCUT2D eigenvalue weighted by atomic mass is 9.84. The molecule has 1 aromatic rings. The van der Waals surface area contributed by atoms with Crippen molar-refractivity contribution in [3.8, 4) is 0 Å². The van der Waals surface area contributed by atoms with Gasteiger partial charge in [-0.1, -0.05) is 0 Å². The molecule has 2 aliphatic heterocycles. The third kappa shape index (κ3) is 3.84. The third-order valence-corrected chi connectivity index (χ3v) is 7.43. The fraction of sp³-hybridized carbons (Fsp3) is 0.682. The van der Waals surface area contributed by atoms with Gasteiger partial charge in [0, 0.05) is 42.5 Å². The van der Waals surface area contributed by atoms with Gasteiger partial charge in [-0.2, -0.15) is 0 Å². The number of carbonyl (C=O) groups is 2. The predicted octanol–water partition coefficient (Wildman–Crippen LogP) is 2.20. The van der Waals surface area contributed by atoms with Gasteiger partial charge in [0.2, 0.25) is 11.5 Å². The van der Waals surface area contributed by atoms with Crippen LogP contribution in [-0.2, 0) is 9.59 Å². The molecule has 30 heavy (non-hydrogen) atoms. The minimum Gasteiger partial charge on any atom is -0.368 e. The summed E-state index contributed by atoms with van der Waals surface area (Å²) in [4.78, 5) is 47.1. The van der Waals surface area contributed by atoms with Crippen LogP contribution in [0, 0.1) is 5.92 Å². The van der Waals surface area contributed by atoms with Crippen LogP contribution in [-0.4, -0.2) is 69.7 Å². The van der Waals surface area contributed by atoms with Crippen molar-refractivity contribution in [2.45, 2.75) is 62.9 Å². The summed E-state index contributed by atoms with van der Waals surface area (Å²) in [6.45, 7) is 5.74. The quantitative estimate of drug-likeness (QED) is 0.737. The van der Waals surface area contributed by atoms with Crippen molar-refractivity contribution in [1.82, 2.24) is 14.8 Å². The summed E-state index contributed by atoms with van der Waals surface area (Å²) in [5, 5.41) is 0.225. The molecule has 164 valence electrons. The molecule has 1 spiro atoms. The van der Waals surface area contributed by atoms with Crippen LogP contribution in [0.4, 0.5) is 5.69 Å². The maximum atomic E-state index is 13.7. The summed E-state index contributed by atoms with van der Waals surface area (Å²) in [6.07, 6.45) is 6.12. The number of hydrogen-bond donors (Lipinski definition) is 1. The Hall–Kier alpha value is -2.02. The summed E-state index contributed by atoms with van der Waals surface area (Å²) in [6, 6.07) is 3.38. The smallest absolute Gasteiger partial charge is 0.251 e. The van der Waals surface area contributed by atoms with Gasteiger partial charge in [-0.25, -0.2) is 0 Å². The number of aromatic nitrogens is 1. The summed E-state index contributed by atoms with van der Waals surface area (Å²) in [5.41, 5.74) is -0.238. The third-order valence-electron chi connectivity index (χ3n) is 6.99. The molecule has 2 saturated heterocycles. The number of aromatic amines is 1. The number of amides is 2. The molecule has 0 radical (unpaired) electrons. The van der Waals surface area contributed by atoms with Crippen LogP contribution in [0.25, 0.3) is 0 Å². The average Bonchev–Trinajstić information content (AvgIpc) is 3.16. The first-order valence-corrected chi connectivity index (χ1v) is 11.4. The largest absolute Gasteiger partial charge is 0.368 e. The van der Waals surface area contributed by atoms with Gasteiger partial charge in [-0.3, -0.25) is 14.4 Å². The second kappa shape index (κ2) is 8.25. The minimum atomic E-state index is -0.861. The molecule has 1 unspecified atom stereocenters. The zero-order valence-corrected chi connectivity index (χ0v) is 18.5. The Morgan fingerprint density at radius 3 is 2.60 bits per heavy atom. The summed E-state index contributed by atoms with van der Waals surface area (Å²) >= 11 is 6.27. The zero-order valence-electron chi connectivity index (χ0n) is 17.8. The zero-order chi connectivity index (χ0) is 21.5. The molecule has 0 aromatic carbocycles. The Balaban J connectivity index is 1.63. The highest BCUT2D eigenvalue weighted by atomic mass is 35.5. The molecule has 1 aliphatic carbocycles. The van der Waals surface area contributed by atoms with Gasteiger partial charge < -0.3 is 19.7 Å². The molecule has 7 nitrogen and oxygen atoms in total.